The Labute approximate surface area is 235 Å². The highest BCUT2D eigenvalue weighted by molar-refractivity contribution is 6.05. The number of methoxy groups -OCH3 is 1. The van der Waals surface area contributed by atoms with Crippen LogP contribution in [0.4, 0.5) is 11.4 Å². The number of para-hydroxylation sites is 1. The van der Waals surface area contributed by atoms with Crippen LogP contribution >= 0.6 is 0 Å². The van der Waals surface area contributed by atoms with Gasteiger partial charge in [0, 0.05) is 11.4 Å². The van der Waals surface area contributed by atoms with Gasteiger partial charge in [0.05, 0.1) is 37.2 Å². The van der Waals surface area contributed by atoms with Gasteiger partial charge in [-0.1, -0.05) is 45.4 Å². The van der Waals surface area contributed by atoms with Gasteiger partial charge < -0.3 is 30.1 Å². The number of amides is 3. The maximum atomic E-state index is 14.4. The lowest BCUT2D eigenvalue weighted by atomic mass is 9.62. The number of benzene rings is 2. The van der Waals surface area contributed by atoms with E-state index in [2.05, 4.69) is 10.6 Å². The second kappa shape index (κ2) is 10.5. The number of rotatable bonds is 9. The fraction of sp³-hybridized carbons (Fsp3) is 0.516. The van der Waals surface area contributed by atoms with E-state index >= 15 is 0 Å². The summed E-state index contributed by atoms with van der Waals surface area (Å²) in [6.45, 7) is 7.54. The predicted octanol–water partition coefficient (Wildman–Crippen LogP) is 3.69. The summed E-state index contributed by atoms with van der Waals surface area (Å²) in [4.78, 5) is 44.0. The first-order valence-electron chi connectivity index (χ1n) is 14.0. The van der Waals surface area contributed by atoms with E-state index in [-0.39, 0.29) is 30.3 Å². The van der Waals surface area contributed by atoms with Gasteiger partial charge in [0.15, 0.2) is 0 Å². The summed E-state index contributed by atoms with van der Waals surface area (Å²) >= 11 is 0. The summed E-state index contributed by atoms with van der Waals surface area (Å²) in [5.41, 5.74) is -0.965. The quantitative estimate of drug-likeness (QED) is 0.439. The number of fused-ring (bicyclic) bond motifs is 1. The van der Waals surface area contributed by atoms with Crippen molar-refractivity contribution >= 4 is 29.1 Å². The fourth-order valence-electron chi connectivity index (χ4n) is 7.17. The summed E-state index contributed by atoms with van der Waals surface area (Å²) < 4.78 is 12.0. The van der Waals surface area contributed by atoms with Gasteiger partial charge in [-0.2, -0.15) is 0 Å². The maximum absolute atomic E-state index is 14.4. The topological polar surface area (TPSA) is 117 Å². The molecule has 214 valence electrons. The Morgan fingerprint density at radius 3 is 2.33 bits per heavy atom. The standard InChI is InChI=1S/C31H39N3O6/c1-6-18(2)23(17-35)34-26(28(37)33-21-12-14-22(39-5)15-13-21)31-16-19(3)30(4,40-31)24(25(31)29(34)38)27(36)32-20-10-8-7-9-11-20/h7-15,18-19,23-26,35H,6,16-17H2,1-5H3,(H,32,36)(H,33,37)/t18-,19?,23-,24+,25-,26?,30-,31?/m0/s1. The summed E-state index contributed by atoms with van der Waals surface area (Å²) in [6, 6.07) is 14.5. The summed E-state index contributed by atoms with van der Waals surface area (Å²) in [5, 5.41) is 16.4. The van der Waals surface area contributed by atoms with Crippen LogP contribution in [0.2, 0.25) is 0 Å². The van der Waals surface area contributed by atoms with Crippen molar-refractivity contribution in [3.63, 3.8) is 0 Å². The maximum Gasteiger partial charge on any atom is 0.250 e. The van der Waals surface area contributed by atoms with Crippen LogP contribution in [0.25, 0.3) is 0 Å². The number of ether oxygens (including phenoxy) is 2. The van der Waals surface area contributed by atoms with Crippen molar-refractivity contribution in [3.8, 4) is 5.75 Å². The van der Waals surface area contributed by atoms with Gasteiger partial charge in [0.25, 0.3) is 0 Å². The number of aliphatic hydroxyl groups excluding tert-OH is 1. The molecule has 8 atom stereocenters. The van der Waals surface area contributed by atoms with Crippen molar-refractivity contribution in [2.75, 3.05) is 24.4 Å². The fourth-order valence-corrected chi connectivity index (χ4v) is 7.17. The number of likely N-dealkylation sites (tertiary alicyclic amines) is 1. The molecule has 40 heavy (non-hydrogen) atoms. The molecule has 2 aromatic rings. The van der Waals surface area contributed by atoms with Crippen LogP contribution in [0, 0.1) is 23.7 Å². The molecule has 9 nitrogen and oxygen atoms in total. The number of nitrogens with zero attached hydrogens (tertiary/aromatic N) is 1. The molecule has 3 saturated heterocycles. The number of aliphatic hydroxyl groups is 1. The molecule has 3 amide bonds. The van der Waals surface area contributed by atoms with Gasteiger partial charge >= 0.3 is 0 Å². The lowest BCUT2D eigenvalue weighted by Crippen LogP contribution is -2.57. The van der Waals surface area contributed by atoms with E-state index in [4.69, 9.17) is 9.47 Å². The molecule has 3 fully saturated rings. The zero-order chi connectivity index (χ0) is 28.8. The van der Waals surface area contributed by atoms with Crippen molar-refractivity contribution in [2.45, 2.75) is 63.8 Å². The second-order valence-corrected chi connectivity index (χ2v) is 11.7. The van der Waals surface area contributed by atoms with E-state index in [1.807, 2.05) is 45.9 Å². The van der Waals surface area contributed by atoms with E-state index in [0.717, 1.165) is 0 Å². The third kappa shape index (κ3) is 4.27. The smallest absolute Gasteiger partial charge is 0.250 e. The number of hydrogen-bond acceptors (Lipinski definition) is 6. The van der Waals surface area contributed by atoms with Crippen molar-refractivity contribution in [2.24, 2.45) is 23.7 Å². The molecule has 2 aromatic carbocycles. The normalized spacial score (nSPS) is 31.9. The molecular weight excluding hydrogens is 510 g/mol. The molecule has 0 aliphatic carbocycles. The first-order valence-corrected chi connectivity index (χ1v) is 14.0. The number of carbonyl (C=O) groups excluding carboxylic acids is 3. The molecule has 9 heteroatoms. The number of hydrogen-bond donors (Lipinski definition) is 3. The van der Waals surface area contributed by atoms with E-state index in [0.29, 0.717) is 30.0 Å². The van der Waals surface area contributed by atoms with Gasteiger partial charge in [0.1, 0.15) is 17.4 Å². The van der Waals surface area contributed by atoms with Crippen LogP contribution in [0.5, 0.6) is 5.75 Å². The molecule has 3 aliphatic rings. The first kappa shape index (κ1) is 28.1. The molecule has 2 bridgehead atoms. The molecule has 3 heterocycles. The molecule has 0 saturated carbocycles. The number of carbonyl (C=O) groups is 3. The molecule has 3 aliphatic heterocycles. The monoisotopic (exact) mass is 549 g/mol. The molecule has 3 unspecified atom stereocenters. The van der Waals surface area contributed by atoms with Gasteiger partial charge in [-0.05, 0) is 61.6 Å². The third-order valence-electron chi connectivity index (χ3n) is 9.53. The van der Waals surface area contributed by atoms with E-state index < -0.39 is 41.0 Å². The minimum atomic E-state index is -1.21. The number of anilines is 2. The average molecular weight is 550 g/mol. The van der Waals surface area contributed by atoms with Gasteiger partial charge in [-0.3, -0.25) is 14.4 Å². The lowest BCUT2D eigenvalue weighted by molar-refractivity contribution is -0.149. The highest BCUT2D eigenvalue weighted by atomic mass is 16.5. The molecule has 5 rings (SSSR count). The molecule has 1 spiro atoms. The Bertz CT molecular complexity index is 1270. The molecular formula is C31H39N3O6. The Balaban J connectivity index is 1.57. The number of nitrogens with one attached hydrogen (secondary N) is 2. The van der Waals surface area contributed by atoms with Gasteiger partial charge in [-0.15, -0.1) is 0 Å². The Hall–Kier alpha value is -3.43. The van der Waals surface area contributed by atoms with Crippen molar-refractivity contribution in [3.05, 3.63) is 54.6 Å². The van der Waals surface area contributed by atoms with Crippen LogP contribution in [0.1, 0.15) is 40.5 Å². The van der Waals surface area contributed by atoms with Crippen LogP contribution in [0.3, 0.4) is 0 Å². The predicted molar refractivity (Wildman–Crippen MR) is 151 cm³/mol. The van der Waals surface area contributed by atoms with Crippen LogP contribution in [0.15, 0.2) is 54.6 Å². The van der Waals surface area contributed by atoms with Gasteiger partial charge in [-0.25, -0.2) is 0 Å². The van der Waals surface area contributed by atoms with Crippen molar-refractivity contribution in [1.29, 1.82) is 0 Å². The highest BCUT2D eigenvalue weighted by Crippen LogP contribution is 2.65. The van der Waals surface area contributed by atoms with Crippen LogP contribution in [-0.2, 0) is 19.1 Å². The lowest BCUT2D eigenvalue weighted by Gasteiger charge is -2.39. The minimum absolute atomic E-state index is 0.0812. The Morgan fingerprint density at radius 1 is 1.10 bits per heavy atom. The van der Waals surface area contributed by atoms with E-state index in [1.165, 1.54) is 4.90 Å². The first-order chi connectivity index (χ1) is 19.1. The van der Waals surface area contributed by atoms with E-state index in [9.17, 15) is 19.5 Å². The third-order valence-corrected chi connectivity index (χ3v) is 9.53. The highest BCUT2D eigenvalue weighted by Gasteiger charge is 2.80. The second-order valence-electron chi connectivity index (χ2n) is 11.7. The minimum Gasteiger partial charge on any atom is -0.497 e. The van der Waals surface area contributed by atoms with Crippen LogP contribution < -0.4 is 15.4 Å². The molecule has 0 aromatic heterocycles. The van der Waals surface area contributed by atoms with Crippen molar-refractivity contribution < 1.29 is 29.0 Å². The molecule has 0 radical (unpaired) electrons. The zero-order valence-electron chi connectivity index (χ0n) is 23.7. The Morgan fingerprint density at radius 2 is 1.73 bits per heavy atom. The summed E-state index contributed by atoms with van der Waals surface area (Å²) in [5.74, 6) is -2.21. The van der Waals surface area contributed by atoms with Crippen LogP contribution in [-0.4, -0.2) is 64.7 Å². The summed E-state index contributed by atoms with van der Waals surface area (Å²) in [7, 11) is 1.57. The average Bonchev–Trinajstić information content (AvgIpc) is 3.46. The van der Waals surface area contributed by atoms with Crippen molar-refractivity contribution in [1.82, 2.24) is 4.90 Å². The SMILES string of the molecule is CC[C@H](C)[C@H](CO)N1C(=O)[C@@H]2[C@H](C(=O)Nc3ccccc3)[C@@]3(C)OC2(CC3C)C1C(=O)Nc1ccc(OC)cc1. The largest absolute Gasteiger partial charge is 0.497 e. The Kier molecular flexibility index (Phi) is 7.39. The van der Waals surface area contributed by atoms with Gasteiger partial charge in [0.2, 0.25) is 17.7 Å². The zero-order valence-corrected chi connectivity index (χ0v) is 23.7. The van der Waals surface area contributed by atoms with E-state index in [1.54, 1.807) is 43.5 Å². The molecule has 3 N–H and O–H groups in total. The summed E-state index contributed by atoms with van der Waals surface area (Å²) in [6.07, 6.45) is 1.15.